The van der Waals surface area contributed by atoms with Crippen LogP contribution in [0.2, 0.25) is 0 Å². The first-order chi connectivity index (χ1) is 8.83. The highest BCUT2D eigenvalue weighted by Gasteiger charge is 2.08. The number of aromatic nitrogens is 4. The highest BCUT2D eigenvalue weighted by molar-refractivity contribution is 7.03. The molecule has 0 bridgehead atoms. The summed E-state index contributed by atoms with van der Waals surface area (Å²) in [5.41, 5.74) is 4.42. The molecular formula is C13H12N4S. The van der Waals surface area contributed by atoms with E-state index in [4.69, 9.17) is 0 Å². The molecule has 4 nitrogen and oxygen atoms in total. The molecule has 0 aliphatic heterocycles. The zero-order valence-corrected chi connectivity index (χ0v) is 10.7. The third-order valence-electron chi connectivity index (χ3n) is 2.79. The highest BCUT2D eigenvalue weighted by Crippen LogP contribution is 2.24. The van der Waals surface area contributed by atoms with Crippen molar-refractivity contribution in [1.29, 1.82) is 0 Å². The molecule has 1 N–H and O–H groups in total. The van der Waals surface area contributed by atoms with Crippen LogP contribution in [0.4, 0.5) is 0 Å². The predicted molar refractivity (Wildman–Crippen MR) is 71.5 cm³/mol. The van der Waals surface area contributed by atoms with Crippen LogP contribution in [0.15, 0.2) is 35.8 Å². The number of aromatic amines is 1. The molecule has 0 aliphatic carbocycles. The van der Waals surface area contributed by atoms with Crippen molar-refractivity contribution < 1.29 is 0 Å². The van der Waals surface area contributed by atoms with Gasteiger partial charge < -0.3 is 4.98 Å². The molecule has 90 valence electrons. The standard InChI is InChI=1S/C13H12N4S/c1-9-14-7-11(15-9)6-10-4-2-3-5-12(10)13-8-18-17-16-13/h2-5,7-8H,6H2,1H3,(H,14,15). The van der Waals surface area contributed by atoms with Gasteiger partial charge in [0.25, 0.3) is 0 Å². The molecule has 18 heavy (non-hydrogen) atoms. The van der Waals surface area contributed by atoms with Crippen molar-refractivity contribution in [3.63, 3.8) is 0 Å². The van der Waals surface area contributed by atoms with Crippen molar-refractivity contribution in [1.82, 2.24) is 19.6 Å². The minimum Gasteiger partial charge on any atom is -0.346 e. The van der Waals surface area contributed by atoms with Gasteiger partial charge in [-0.05, 0) is 24.0 Å². The Labute approximate surface area is 109 Å². The number of nitrogens with zero attached hydrogens (tertiary/aromatic N) is 3. The number of nitrogens with one attached hydrogen (secondary N) is 1. The van der Waals surface area contributed by atoms with Crippen molar-refractivity contribution in [2.75, 3.05) is 0 Å². The molecule has 5 heteroatoms. The summed E-state index contributed by atoms with van der Waals surface area (Å²) >= 11 is 1.37. The van der Waals surface area contributed by atoms with Gasteiger partial charge in [-0.3, -0.25) is 0 Å². The molecule has 2 heterocycles. The third kappa shape index (κ3) is 2.17. The third-order valence-corrected chi connectivity index (χ3v) is 3.29. The Morgan fingerprint density at radius 1 is 1.28 bits per heavy atom. The minimum absolute atomic E-state index is 0.828. The number of rotatable bonds is 3. The van der Waals surface area contributed by atoms with Gasteiger partial charge in [0, 0.05) is 29.3 Å². The molecule has 0 spiro atoms. The van der Waals surface area contributed by atoms with Gasteiger partial charge >= 0.3 is 0 Å². The second-order valence-electron chi connectivity index (χ2n) is 4.12. The molecule has 0 atom stereocenters. The smallest absolute Gasteiger partial charge is 0.106 e. The lowest BCUT2D eigenvalue weighted by molar-refractivity contribution is 1.07. The summed E-state index contributed by atoms with van der Waals surface area (Å²) in [5, 5.41) is 6.11. The fourth-order valence-corrected chi connectivity index (χ4v) is 2.43. The van der Waals surface area contributed by atoms with E-state index in [2.05, 4.69) is 31.7 Å². The van der Waals surface area contributed by atoms with Crippen molar-refractivity contribution in [2.45, 2.75) is 13.3 Å². The second-order valence-corrected chi connectivity index (χ2v) is 4.73. The molecule has 3 aromatic rings. The Kier molecular flexibility index (Phi) is 2.90. The lowest BCUT2D eigenvalue weighted by atomic mass is 10.0. The van der Waals surface area contributed by atoms with Crippen molar-refractivity contribution in [3.05, 3.63) is 52.9 Å². The fraction of sp³-hybridized carbons (Fsp3) is 0.154. The molecule has 0 radical (unpaired) electrons. The molecule has 2 aromatic heterocycles. The minimum atomic E-state index is 0.828. The van der Waals surface area contributed by atoms with E-state index in [1.807, 2.05) is 30.6 Å². The quantitative estimate of drug-likeness (QED) is 0.784. The average Bonchev–Trinajstić information content (AvgIpc) is 3.02. The van der Waals surface area contributed by atoms with E-state index in [1.165, 1.54) is 17.1 Å². The summed E-state index contributed by atoms with van der Waals surface area (Å²) in [6.45, 7) is 1.96. The Hall–Kier alpha value is -2.01. The topological polar surface area (TPSA) is 54.5 Å². The normalized spacial score (nSPS) is 10.7. The average molecular weight is 256 g/mol. The van der Waals surface area contributed by atoms with Gasteiger partial charge in [-0.15, -0.1) is 5.10 Å². The maximum atomic E-state index is 4.22. The molecule has 0 saturated heterocycles. The first-order valence-corrected chi connectivity index (χ1v) is 6.52. The lowest BCUT2D eigenvalue weighted by Gasteiger charge is -2.05. The van der Waals surface area contributed by atoms with Crippen LogP contribution < -0.4 is 0 Å². The van der Waals surface area contributed by atoms with E-state index in [1.54, 1.807) is 0 Å². The molecule has 1 aromatic carbocycles. The summed E-state index contributed by atoms with van der Waals surface area (Å²) in [5.74, 6) is 0.942. The molecule has 0 unspecified atom stereocenters. The van der Waals surface area contributed by atoms with E-state index in [-0.39, 0.29) is 0 Å². The van der Waals surface area contributed by atoms with Crippen molar-refractivity contribution in [3.8, 4) is 11.3 Å². The number of hydrogen-bond acceptors (Lipinski definition) is 4. The lowest BCUT2D eigenvalue weighted by Crippen LogP contribution is -1.93. The van der Waals surface area contributed by atoms with E-state index in [0.29, 0.717) is 0 Å². The van der Waals surface area contributed by atoms with Crippen molar-refractivity contribution in [2.24, 2.45) is 0 Å². The maximum Gasteiger partial charge on any atom is 0.106 e. The van der Waals surface area contributed by atoms with E-state index in [9.17, 15) is 0 Å². The number of H-pyrrole nitrogens is 1. The van der Waals surface area contributed by atoms with Crippen LogP contribution in [0, 0.1) is 6.92 Å². The predicted octanol–water partition coefficient (Wildman–Crippen LogP) is 2.83. The SMILES string of the molecule is Cc1ncc(Cc2ccccc2-c2csnn2)[nH]1. The van der Waals surface area contributed by atoms with Gasteiger partial charge in [0.1, 0.15) is 11.5 Å². The molecule has 0 amide bonds. The van der Waals surface area contributed by atoms with Gasteiger partial charge in [-0.25, -0.2) is 4.98 Å². The van der Waals surface area contributed by atoms with Crippen LogP contribution in [0.1, 0.15) is 17.1 Å². The summed E-state index contributed by atoms with van der Waals surface area (Å²) in [6, 6.07) is 8.26. The molecule has 3 rings (SSSR count). The van der Waals surface area contributed by atoms with Gasteiger partial charge in [-0.2, -0.15) is 0 Å². The van der Waals surface area contributed by atoms with Crippen molar-refractivity contribution >= 4 is 11.5 Å². The van der Waals surface area contributed by atoms with E-state index >= 15 is 0 Å². The van der Waals surface area contributed by atoms with Crippen LogP contribution in [-0.4, -0.2) is 19.6 Å². The highest BCUT2D eigenvalue weighted by atomic mass is 32.1. The van der Waals surface area contributed by atoms with Gasteiger partial charge in [0.2, 0.25) is 0 Å². The second kappa shape index (κ2) is 4.70. The number of imidazole rings is 1. The largest absolute Gasteiger partial charge is 0.346 e. The summed E-state index contributed by atoms with van der Waals surface area (Å²) in [6.07, 6.45) is 2.71. The zero-order chi connectivity index (χ0) is 12.4. The van der Waals surface area contributed by atoms with Gasteiger partial charge in [-0.1, -0.05) is 28.8 Å². The van der Waals surface area contributed by atoms with Crippen LogP contribution >= 0.6 is 11.5 Å². The summed E-state index contributed by atoms with van der Waals surface area (Å²) in [7, 11) is 0. The molecule has 0 aliphatic rings. The molecular weight excluding hydrogens is 244 g/mol. The number of hydrogen-bond donors (Lipinski definition) is 1. The van der Waals surface area contributed by atoms with Gasteiger partial charge in [0.15, 0.2) is 0 Å². The first kappa shape index (κ1) is 11.1. The summed E-state index contributed by atoms with van der Waals surface area (Å²) < 4.78 is 3.92. The van der Waals surface area contributed by atoms with Crippen LogP contribution in [-0.2, 0) is 6.42 Å². The Bertz CT molecular complexity index is 643. The van der Waals surface area contributed by atoms with E-state index in [0.717, 1.165) is 29.2 Å². The molecule has 0 saturated carbocycles. The van der Waals surface area contributed by atoms with E-state index < -0.39 is 0 Å². The van der Waals surface area contributed by atoms with Crippen LogP contribution in [0.25, 0.3) is 11.3 Å². The van der Waals surface area contributed by atoms with Gasteiger partial charge in [0.05, 0.1) is 0 Å². The number of aryl methyl sites for hydroxylation is 1. The fourth-order valence-electron chi connectivity index (χ4n) is 1.97. The Balaban J connectivity index is 1.97. The van der Waals surface area contributed by atoms with Crippen LogP contribution in [0.3, 0.4) is 0 Å². The molecule has 0 fully saturated rings. The van der Waals surface area contributed by atoms with Crippen LogP contribution in [0.5, 0.6) is 0 Å². The number of benzene rings is 1. The Morgan fingerprint density at radius 3 is 2.89 bits per heavy atom. The monoisotopic (exact) mass is 256 g/mol. The Morgan fingerprint density at radius 2 is 2.17 bits per heavy atom. The first-order valence-electron chi connectivity index (χ1n) is 5.69. The summed E-state index contributed by atoms with van der Waals surface area (Å²) in [4.78, 5) is 7.48. The zero-order valence-electron chi connectivity index (χ0n) is 9.92. The maximum absolute atomic E-state index is 4.22.